The second kappa shape index (κ2) is 6.42. The molecule has 0 radical (unpaired) electrons. The lowest BCUT2D eigenvalue weighted by Crippen LogP contribution is -1.99. The van der Waals surface area contributed by atoms with Gasteiger partial charge in [0.15, 0.2) is 0 Å². The number of pyridine rings is 2. The third-order valence-electron chi connectivity index (χ3n) is 4.22. The second-order valence-corrected chi connectivity index (χ2v) is 5.90. The second-order valence-electron chi connectivity index (χ2n) is 5.90. The molecule has 128 valence electrons. The van der Waals surface area contributed by atoms with Gasteiger partial charge in [0, 0.05) is 34.2 Å². The van der Waals surface area contributed by atoms with Gasteiger partial charge in [-0.1, -0.05) is 18.2 Å². The van der Waals surface area contributed by atoms with Crippen LogP contribution in [0.3, 0.4) is 0 Å². The van der Waals surface area contributed by atoms with E-state index in [2.05, 4.69) is 15.3 Å². The maximum atomic E-state index is 11.3. The van der Waals surface area contributed by atoms with Crippen molar-refractivity contribution in [1.82, 2.24) is 9.97 Å². The molecule has 0 saturated heterocycles. The molecule has 0 aliphatic heterocycles. The van der Waals surface area contributed by atoms with Crippen molar-refractivity contribution in [3.8, 4) is 0 Å². The summed E-state index contributed by atoms with van der Waals surface area (Å²) in [7, 11) is 0. The Morgan fingerprint density at radius 3 is 2.73 bits per heavy atom. The summed E-state index contributed by atoms with van der Waals surface area (Å²) in [6, 6.07) is 14.1. The number of nitrogens with one attached hydrogen (secondary N) is 1. The number of rotatable bonds is 4. The van der Waals surface area contributed by atoms with E-state index in [1.54, 1.807) is 30.6 Å². The van der Waals surface area contributed by atoms with E-state index in [4.69, 9.17) is 0 Å². The monoisotopic (exact) mass is 345 g/mol. The predicted octanol–water partition coefficient (Wildman–Crippen LogP) is 3.72. The van der Waals surface area contributed by atoms with E-state index in [-0.39, 0.29) is 12.2 Å². The van der Waals surface area contributed by atoms with E-state index in [9.17, 15) is 15.0 Å². The third-order valence-corrected chi connectivity index (χ3v) is 4.22. The standard InChI is InChI=1S/C20H15N3O3/c24-11-12-2-1-3-14(8-12)22-19-16-6-7-21-10-17(16)15-5-4-13(20(25)26)9-18(15)23-19/h1-10,24H,11H2,(H,22,23)(H,25,26). The Hall–Kier alpha value is -3.51. The van der Waals surface area contributed by atoms with Crippen LogP contribution in [0.15, 0.2) is 60.9 Å². The summed E-state index contributed by atoms with van der Waals surface area (Å²) in [5.74, 6) is -0.391. The van der Waals surface area contributed by atoms with Gasteiger partial charge in [-0.3, -0.25) is 4.98 Å². The largest absolute Gasteiger partial charge is 0.478 e. The number of aromatic carboxylic acids is 1. The summed E-state index contributed by atoms with van der Waals surface area (Å²) in [6.07, 6.45) is 3.44. The van der Waals surface area contributed by atoms with E-state index in [1.807, 2.05) is 30.3 Å². The number of fused-ring (bicyclic) bond motifs is 3. The molecule has 2 aromatic carbocycles. The fourth-order valence-corrected chi connectivity index (χ4v) is 2.96. The lowest BCUT2D eigenvalue weighted by Gasteiger charge is -2.12. The van der Waals surface area contributed by atoms with Crippen molar-refractivity contribution in [2.45, 2.75) is 6.61 Å². The Labute approximate surface area is 148 Å². The molecule has 2 aromatic heterocycles. The number of aliphatic hydroxyl groups excluding tert-OH is 1. The zero-order chi connectivity index (χ0) is 18.1. The van der Waals surface area contributed by atoms with Gasteiger partial charge in [0.2, 0.25) is 0 Å². The van der Waals surface area contributed by atoms with Gasteiger partial charge < -0.3 is 15.5 Å². The Morgan fingerprint density at radius 1 is 1.04 bits per heavy atom. The molecule has 0 saturated carbocycles. The van der Waals surface area contributed by atoms with Gasteiger partial charge in [0.1, 0.15) is 5.82 Å². The number of nitrogens with zero attached hydrogens (tertiary/aromatic N) is 2. The summed E-state index contributed by atoms with van der Waals surface area (Å²) in [4.78, 5) is 20.1. The number of hydrogen-bond acceptors (Lipinski definition) is 5. The van der Waals surface area contributed by atoms with Crippen molar-refractivity contribution >= 4 is 39.1 Å². The number of aromatic nitrogens is 2. The van der Waals surface area contributed by atoms with Crippen LogP contribution in [0.4, 0.5) is 11.5 Å². The smallest absolute Gasteiger partial charge is 0.335 e. The molecular formula is C20H15N3O3. The lowest BCUT2D eigenvalue weighted by molar-refractivity contribution is 0.0697. The minimum Gasteiger partial charge on any atom is -0.478 e. The first-order valence-electron chi connectivity index (χ1n) is 8.03. The third kappa shape index (κ3) is 2.82. The SMILES string of the molecule is O=C(O)c1ccc2c(c1)nc(Nc1cccc(CO)c1)c1ccncc12. The van der Waals surface area contributed by atoms with Gasteiger partial charge in [-0.05, 0) is 35.9 Å². The summed E-state index contributed by atoms with van der Waals surface area (Å²) in [6.45, 7) is -0.0483. The lowest BCUT2D eigenvalue weighted by atomic mass is 10.1. The minimum absolute atomic E-state index is 0.0483. The topological polar surface area (TPSA) is 95.3 Å². The Kier molecular flexibility index (Phi) is 3.95. The highest BCUT2D eigenvalue weighted by molar-refractivity contribution is 6.11. The first-order valence-corrected chi connectivity index (χ1v) is 8.03. The van der Waals surface area contributed by atoms with Crippen LogP contribution in [0, 0.1) is 0 Å². The van der Waals surface area contributed by atoms with Crippen molar-refractivity contribution in [1.29, 1.82) is 0 Å². The van der Waals surface area contributed by atoms with Crippen LogP contribution in [0.2, 0.25) is 0 Å². The molecule has 6 nitrogen and oxygen atoms in total. The van der Waals surface area contributed by atoms with Gasteiger partial charge in [-0.15, -0.1) is 0 Å². The zero-order valence-corrected chi connectivity index (χ0v) is 13.7. The van der Waals surface area contributed by atoms with Crippen molar-refractivity contribution in [2.24, 2.45) is 0 Å². The number of carboxylic acid groups (broad SMARTS) is 1. The van der Waals surface area contributed by atoms with Crippen LogP contribution in [0.1, 0.15) is 15.9 Å². The first-order chi connectivity index (χ1) is 12.7. The van der Waals surface area contributed by atoms with Crippen LogP contribution >= 0.6 is 0 Å². The van der Waals surface area contributed by atoms with Gasteiger partial charge in [-0.25, -0.2) is 9.78 Å². The molecule has 0 fully saturated rings. The number of carboxylic acids is 1. The molecule has 0 spiro atoms. The van der Waals surface area contributed by atoms with Crippen molar-refractivity contribution in [3.63, 3.8) is 0 Å². The summed E-state index contributed by atoms with van der Waals surface area (Å²) in [5.41, 5.74) is 2.33. The number of carbonyl (C=O) groups is 1. The Morgan fingerprint density at radius 2 is 1.92 bits per heavy atom. The Balaban J connectivity index is 1.92. The van der Waals surface area contributed by atoms with Gasteiger partial charge in [0.25, 0.3) is 0 Å². The highest BCUT2D eigenvalue weighted by atomic mass is 16.4. The number of aliphatic hydroxyl groups is 1. The number of hydrogen-bond donors (Lipinski definition) is 3. The number of benzene rings is 2. The average Bonchev–Trinajstić information content (AvgIpc) is 2.68. The molecule has 0 atom stereocenters. The maximum Gasteiger partial charge on any atom is 0.335 e. The molecule has 4 rings (SSSR count). The van der Waals surface area contributed by atoms with Crippen molar-refractivity contribution < 1.29 is 15.0 Å². The quantitative estimate of drug-likeness (QED) is 0.488. The average molecular weight is 345 g/mol. The normalized spacial score (nSPS) is 11.0. The Bertz CT molecular complexity index is 1140. The van der Waals surface area contributed by atoms with Crippen LogP contribution in [0.25, 0.3) is 21.7 Å². The van der Waals surface area contributed by atoms with Crippen LogP contribution in [-0.2, 0) is 6.61 Å². The van der Waals surface area contributed by atoms with E-state index in [0.29, 0.717) is 11.3 Å². The summed E-state index contributed by atoms with van der Waals surface area (Å²) >= 11 is 0. The molecule has 0 bridgehead atoms. The summed E-state index contributed by atoms with van der Waals surface area (Å²) < 4.78 is 0. The maximum absolute atomic E-state index is 11.3. The summed E-state index contributed by atoms with van der Waals surface area (Å²) in [5, 5.41) is 24.4. The fraction of sp³-hybridized carbons (Fsp3) is 0.0500. The van der Waals surface area contributed by atoms with Gasteiger partial charge >= 0.3 is 5.97 Å². The molecule has 6 heteroatoms. The highest BCUT2D eigenvalue weighted by Crippen LogP contribution is 2.31. The van der Waals surface area contributed by atoms with E-state index in [0.717, 1.165) is 27.4 Å². The predicted molar refractivity (Wildman–Crippen MR) is 99.7 cm³/mol. The molecule has 0 unspecified atom stereocenters. The highest BCUT2D eigenvalue weighted by Gasteiger charge is 2.11. The molecule has 0 amide bonds. The van der Waals surface area contributed by atoms with Crippen LogP contribution in [0.5, 0.6) is 0 Å². The molecule has 0 aliphatic carbocycles. The fourth-order valence-electron chi connectivity index (χ4n) is 2.96. The molecule has 4 aromatic rings. The molecular weight excluding hydrogens is 330 g/mol. The molecule has 3 N–H and O–H groups in total. The van der Waals surface area contributed by atoms with Crippen molar-refractivity contribution in [3.05, 3.63) is 72.1 Å². The molecule has 0 aliphatic rings. The van der Waals surface area contributed by atoms with Crippen LogP contribution in [-0.4, -0.2) is 26.2 Å². The zero-order valence-electron chi connectivity index (χ0n) is 13.7. The van der Waals surface area contributed by atoms with Crippen molar-refractivity contribution in [2.75, 3.05) is 5.32 Å². The van der Waals surface area contributed by atoms with E-state index < -0.39 is 5.97 Å². The molecule has 2 heterocycles. The minimum atomic E-state index is -0.995. The van der Waals surface area contributed by atoms with Crippen LogP contribution < -0.4 is 5.32 Å². The van der Waals surface area contributed by atoms with Gasteiger partial charge in [0.05, 0.1) is 17.7 Å². The molecule has 26 heavy (non-hydrogen) atoms. The first kappa shape index (κ1) is 16.0. The van der Waals surface area contributed by atoms with E-state index >= 15 is 0 Å². The number of anilines is 2. The van der Waals surface area contributed by atoms with E-state index in [1.165, 1.54) is 0 Å². The van der Waals surface area contributed by atoms with Gasteiger partial charge in [-0.2, -0.15) is 0 Å².